The van der Waals surface area contributed by atoms with E-state index in [2.05, 4.69) is 45.0 Å². The zero-order valence-corrected chi connectivity index (χ0v) is 12.1. The number of rotatable bonds is 2. The van der Waals surface area contributed by atoms with Gasteiger partial charge in [0.25, 0.3) is 0 Å². The zero-order valence-electron chi connectivity index (χ0n) is 12.1. The van der Waals surface area contributed by atoms with Crippen molar-refractivity contribution >= 4 is 5.82 Å². The standard InChI is InChI=1S/C16H20N4/c1-12-8-14(5-6-17-12)15-4-3-7-20(10-15)16-9-13(2)18-11-19-16/h5-6,8-9,11,15H,3-4,7,10H2,1-2H3. The molecule has 0 bridgehead atoms. The first kappa shape index (κ1) is 13.0. The van der Waals surface area contributed by atoms with Crippen LogP contribution in [0.15, 0.2) is 30.7 Å². The Morgan fingerprint density at radius 2 is 1.95 bits per heavy atom. The Morgan fingerprint density at radius 1 is 1.10 bits per heavy atom. The molecule has 20 heavy (non-hydrogen) atoms. The van der Waals surface area contributed by atoms with Gasteiger partial charge in [-0.3, -0.25) is 4.98 Å². The summed E-state index contributed by atoms with van der Waals surface area (Å²) in [6.07, 6.45) is 6.02. The molecule has 0 amide bonds. The maximum atomic E-state index is 4.41. The molecule has 104 valence electrons. The van der Waals surface area contributed by atoms with E-state index in [1.807, 2.05) is 13.1 Å². The van der Waals surface area contributed by atoms with E-state index in [1.54, 1.807) is 6.33 Å². The largest absolute Gasteiger partial charge is 0.356 e. The van der Waals surface area contributed by atoms with Gasteiger partial charge < -0.3 is 4.90 Å². The fourth-order valence-electron chi connectivity index (χ4n) is 2.89. The Morgan fingerprint density at radius 3 is 2.75 bits per heavy atom. The average Bonchev–Trinajstić information content (AvgIpc) is 2.47. The predicted octanol–water partition coefficient (Wildman–Crippen LogP) is 2.87. The summed E-state index contributed by atoms with van der Waals surface area (Å²) < 4.78 is 0. The minimum Gasteiger partial charge on any atom is -0.356 e. The van der Waals surface area contributed by atoms with Crippen LogP contribution in [0.2, 0.25) is 0 Å². The number of pyridine rings is 1. The fourth-order valence-corrected chi connectivity index (χ4v) is 2.89. The first-order chi connectivity index (χ1) is 9.72. The highest BCUT2D eigenvalue weighted by Gasteiger charge is 2.22. The highest BCUT2D eigenvalue weighted by Crippen LogP contribution is 2.29. The maximum absolute atomic E-state index is 4.41. The summed E-state index contributed by atoms with van der Waals surface area (Å²) in [5.41, 5.74) is 3.52. The third-order valence-corrected chi connectivity index (χ3v) is 3.93. The van der Waals surface area contributed by atoms with Crippen LogP contribution in [0.1, 0.15) is 35.7 Å². The van der Waals surface area contributed by atoms with Crippen LogP contribution in [-0.4, -0.2) is 28.0 Å². The minimum absolute atomic E-state index is 0.570. The summed E-state index contributed by atoms with van der Waals surface area (Å²) in [4.78, 5) is 15.3. The molecule has 2 aromatic heterocycles. The SMILES string of the molecule is Cc1cc(C2CCCN(c3cc(C)ncn3)C2)ccn1. The summed E-state index contributed by atoms with van der Waals surface area (Å²) in [7, 11) is 0. The average molecular weight is 268 g/mol. The quantitative estimate of drug-likeness (QED) is 0.840. The third-order valence-electron chi connectivity index (χ3n) is 3.93. The molecule has 0 aromatic carbocycles. The Bertz CT molecular complexity index is 545. The molecule has 0 saturated carbocycles. The number of aromatic nitrogens is 3. The van der Waals surface area contributed by atoms with Gasteiger partial charge >= 0.3 is 0 Å². The van der Waals surface area contributed by atoms with Crippen LogP contribution in [0.5, 0.6) is 0 Å². The van der Waals surface area contributed by atoms with Gasteiger partial charge in [0.15, 0.2) is 0 Å². The van der Waals surface area contributed by atoms with E-state index in [0.717, 1.165) is 30.3 Å². The molecule has 4 nitrogen and oxygen atoms in total. The molecule has 1 atom stereocenters. The van der Waals surface area contributed by atoms with Crippen LogP contribution < -0.4 is 4.90 Å². The molecule has 3 rings (SSSR count). The van der Waals surface area contributed by atoms with Gasteiger partial charge in [-0.2, -0.15) is 0 Å². The number of piperidine rings is 1. The lowest BCUT2D eigenvalue weighted by Crippen LogP contribution is -2.35. The Kier molecular flexibility index (Phi) is 3.63. The first-order valence-corrected chi connectivity index (χ1v) is 7.18. The van der Waals surface area contributed by atoms with Crippen molar-refractivity contribution in [1.82, 2.24) is 15.0 Å². The monoisotopic (exact) mass is 268 g/mol. The number of aryl methyl sites for hydroxylation is 2. The lowest BCUT2D eigenvalue weighted by Gasteiger charge is -2.34. The van der Waals surface area contributed by atoms with Crippen LogP contribution >= 0.6 is 0 Å². The van der Waals surface area contributed by atoms with Crippen LogP contribution in [0.3, 0.4) is 0 Å². The molecule has 0 radical (unpaired) electrons. The Labute approximate surface area is 119 Å². The summed E-state index contributed by atoms with van der Waals surface area (Å²) in [5, 5.41) is 0. The number of hydrogen-bond acceptors (Lipinski definition) is 4. The van der Waals surface area contributed by atoms with Gasteiger partial charge in [0.1, 0.15) is 12.1 Å². The highest BCUT2D eigenvalue weighted by atomic mass is 15.2. The first-order valence-electron chi connectivity index (χ1n) is 7.18. The van der Waals surface area contributed by atoms with Crippen molar-refractivity contribution in [2.75, 3.05) is 18.0 Å². The predicted molar refractivity (Wildman–Crippen MR) is 79.9 cm³/mol. The topological polar surface area (TPSA) is 41.9 Å². The van der Waals surface area contributed by atoms with Crippen molar-refractivity contribution in [3.63, 3.8) is 0 Å². The van der Waals surface area contributed by atoms with Crippen molar-refractivity contribution in [1.29, 1.82) is 0 Å². The normalized spacial score (nSPS) is 19.1. The maximum Gasteiger partial charge on any atom is 0.132 e. The van der Waals surface area contributed by atoms with E-state index < -0.39 is 0 Å². The van der Waals surface area contributed by atoms with E-state index in [9.17, 15) is 0 Å². The van der Waals surface area contributed by atoms with E-state index in [-0.39, 0.29) is 0 Å². The summed E-state index contributed by atoms with van der Waals surface area (Å²) in [6, 6.07) is 6.42. The second kappa shape index (κ2) is 5.57. The minimum atomic E-state index is 0.570. The molecule has 1 fully saturated rings. The molecular weight excluding hydrogens is 248 g/mol. The smallest absolute Gasteiger partial charge is 0.132 e. The molecule has 1 aliphatic rings. The van der Waals surface area contributed by atoms with Gasteiger partial charge in [-0.15, -0.1) is 0 Å². The lowest BCUT2D eigenvalue weighted by molar-refractivity contribution is 0.506. The molecule has 2 aromatic rings. The van der Waals surface area contributed by atoms with E-state index >= 15 is 0 Å². The van der Waals surface area contributed by atoms with Gasteiger partial charge in [0, 0.05) is 42.7 Å². The number of nitrogens with zero attached hydrogens (tertiary/aromatic N) is 4. The van der Waals surface area contributed by atoms with Crippen LogP contribution in [0.4, 0.5) is 5.82 Å². The Hall–Kier alpha value is -1.97. The summed E-state index contributed by atoms with van der Waals surface area (Å²) >= 11 is 0. The number of hydrogen-bond donors (Lipinski definition) is 0. The van der Waals surface area contributed by atoms with Gasteiger partial charge in [-0.1, -0.05) is 0 Å². The molecule has 1 unspecified atom stereocenters. The Balaban J connectivity index is 1.80. The molecular formula is C16H20N4. The second-order valence-corrected chi connectivity index (χ2v) is 5.53. The van der Waals surface area contributed by atoms with E-state index in [4.69, 9.17) is 0 Å². The van der Waals surface area contributed by atoms with Crippen molar-refractivity contribution < 1.29 is 0 Å². The van der Waals surface area contributed by atoms with Crippen LogP contribution in [0, 0.1) is 13.8 Å². The molecule has 1 aliphatic heterocycles. The van der Waals surface area contributed by atoms with E-state index in [1.165, 1.54) is 18.4 Å². The number of anilines is 1. The molecule has 3 heterocycles. The third kappa shape index (κ3) is 2.79. The van der Waals surface area contributed by atoms with Crippen molar-refractivity contribution in [3.8, 4) is 0 Å². The van der Waals surface area contributed by atoms with Gasteiger partial charge in [-0.05, 0) is 44.4 Å². The summed E-state index contributed by atoms with van der Waals surface area (Å²) in [5.74, 6) is 1.62. The van der Waals surface area contributed by atoms with Gasteiger partial charge in [0.2, 0.25) is 0 Å². The summed E-state index contributed by atoms with van der Waals surface area (Å²) in [6.45, 7) is 6.17. The second-order valence-electron chi connectivity index (χ2n) is 5.53. The molecule has 0 N–H and O–H groups in total. The molecule has 4 heteroatoms. The molecule has 0 spiro atoms. The molecule has 0 aliphatic carbocycles. The van der Waals surface area contributed by atoms with E-state index in [0.29, 0.717) is 5.92 Å². The van der Waals surface area contributed by atoms with Crippen molar-refractivity contribution in [3.05, 3.63) is 47.7 Å². The van der Waals surface area contributed by atoms with Crippen molar-refractivity contribution in [2.24, 2.45) is 0 Å². The lowest BCUT2D eigenvalue weighted by atomic mass is 9.91. The fraction of sp³-hybridized carbons (Fsp3) is 0.438. The van der Waals surface area contributed by atoms with Crippen LogP contribution in [0.25, 0.3) is 0 Å². The molecule has 1 saturated heterocycles. The van der Waals surface area contributed by atoms with Crippen molar-refractivity contribution in [2.45, 2.75) is 32.6 Å². The van der Waals surface area contributed by atoms with Gasteiger partial charge in [-0.25, -0.2) is 9.97 Å². The van der Waals surface area contributed by atoms with Gasteiger partial charge in [0.05, 0.1) is 0 Å². The van der Waals surface area contributed by atoms with Crippen LogP contribution in [-0.2, 0) is 0 Å². The zero-order chi connectivity index (χ0) is 13.9. The highest BCUT2D eigenvalue weighted by molar-refractivity contribution is 5.40.